The van der Waals surface area contributed by atoms with Crippen molar-refractivity contribution in [1.29, 1.82) is 0 Å². The molecule has 94 valence electrons. The molecule has 0 saturated heterocycles. The highest BCUT2D eigenvalue weighted by Crippen LogP contribution is 2.26. The third kappa shape index (κ3) is 4.33. The van der Waals surface area contributed by atoms with Crippen LogP contribution in [0.3, 0.4) is 0 Å². The summed E-state index contributed by atoms with van der Waals surface area (Å²) < 4.78 is 0. The van der Waals surface area contributed by atoms with Crippen LogP contribution < -0.4 is 0 Å². The normalized spacial score (nSPS) is 15.7. The average molecular weight is 234 g/mol. The van der Waals surface area contributed by atoms with Crippen LogP contribution in [-0.2, 0) is 5.60 Å². The Morgan fingerprint density at radius 2 is 1.88 bits per heavy atom. The van der Waals surface area contributed by atoms with E-state index in [9.17, 15) is 5.11 Å². The first-order chi connectivity index (χ1) is 7.95. The van der Waals surface area contributed by atoms with Gasteiger partial charge in [-0.1, -0.05) is 41.5 Å². The molecular formula is C15H22O2. The predicted octanol–water partition coefficient (Wildman–Crippen LogP) is 2.92. The van der Waals surface area contributed by atoms with Gasteiger partial charge in [-0.2, -0.15) is 0 Å². The molecule has 17 heavy (non-hydrogen) atoms. The molecule has 0 spiro atoms. The zero-order valence-corrected chi connectivity index (χ0v) is 10.9. The van der Waals surface area contributed by atoms with Gasteiger partial charge in [0.2, 0.25) is 0 Å². The van der Waals surface area contributed by atoms with Crippen molar-refractivity contribution in [3.05, 3.63) is 47.0 Å². The Hall–Kier alpha value is -1.12. The van der Waals surface area contributed by atoms with Gasteiger partial charge in [-0.05, 0) is 39.2 Å². The van der Waals surface area contributed by atoms with E-state index in [0.717, 1.165) is 17.6 Å². The van der Waals surface area contributed by atoms with Crippen LogP contribution in [-0.4, -0.2) is 16.8 Å². The molecule has 0 saturated carbocycles. The minimum atomic E-state index is -0.806. The van der Waals surface area contributed by atoms with E-state index in [4.69, 9.17) is 5.11 Å². The van der Waals surface area contributed by atoms with Crippen molar-refractivity contribution in [2.45, 2.75) is 39.2 Å². The topological polar surface area (TPSA) is 40.5 Å². The number of allylic oxidation sites excluding steroid dienone is 1. The van der Waals surface area contributed by atoms with Gasteiger partial charge < -0.3 is 10.2 Å². The lowest BCUT2D eigenvalue weighted by Gasteiger charge is -2.23. The molecule has 1 rings (SSSR count). The molecule has 2 N–H and O–H groups in total. The van der Waals surface area contributed by atoms with Crippen LogP contribution in [0.4, 0.5) is 0 Å². The predicted molar refractivity (Wildman–Crippen MR) is 70.8 cm³/mol. The molecule has 0 aliphatic heterocycles. The van der Waals surface area contributed by atoms with Gasteiger partial charge in [0.15, 0.2) is 0 Å². The van der Waals surface area contributed by atoms with Crippen molar-refractivity contribution in [3.63, 3.8) is 0 Å². The first kappa shape index (κ1) is 13.9. The Morgan fingerprint density at radius 3 is 2.41 bits per heavy atom. The number of rotatable bonds is 5. The maximum absolute atomic E-state index is 10.4. The zero-order chi connectivity index (χ0) is 12.9. The lowest BCUT2D eigenvalue weighted by Crippen LogP contribution is -2.20. The molecular weight excluding hydrogens is 212 g/mol. The fourth-order valence-electron chi connectivity index (χ4n) is 1.72. The molecule has 0 aliphatic rings. The summed E-state index contributed by atoms with van der Waals surface area (Å²) in [5.41, 5.74) is 2.28. The summed E-state index contributed by atoms with van der Waals surface area (Å²) in [6, 6.07) is 7.97. The Morgan fingerprint density at radius 1 is 1.29 bits per heavy atom. The summed E-state index contributed by atoms with van der Waals surface area (Å²) in [5, 5.41) is 19.3. The number of hydrogen-bond donors (Lipinski definition) is 2. The van der Waals surface area contributed by atoms with Gasteiger partial charge in [0.05, 0.1) is 12.2 Å². The highest BCUT2D eigenvalue weighted by Gasteiger charge is 2.21. The van der Waals surface area contributed by atoms with Crippen LogP contribution in [0.5, 0.6) is 0 Å². The first-order valence-corrected chi connectivity index (χ1v) is 6.02. The summed E-state index contributed by atoms with van der Waals surface area (Å²) in [7, 11) is 0. The molecule has 0 bridgehead atoms. The van der Waals surface area contributed by atoms with E-state index in [0.29, 0.717) is 6.42 Å². The average Bonchev–Trinajstić information content (AvgIpc) is 2.29. The standard InChI is InChI=1S/C15H22O2/c1-12-6-8-14(9-7-12)15(3,17)10-4-5-13(2)11-16/h5-9,16-17H,4,10-11H2,1-3H3/b13-5-/t15-/m0/s1. The Bertz CT molecular complexity index is 374. The van der Waals surface area contributed by atoms with Gasteiger partial charge in [0.25, 0.3) is 0 Å². The lowest BCUT2D eigenvalue weighted by atomic mass is 9.90. The van der Waals surface area contributed by atoms with Gasteiger partial charge >= 0.3 is 0 Å². The van der Waals surface area contributed by atoms with Gasteiger partial charge in [0.1, 0.15) is 0 Å². The van der Waals surface area contributed by atoms with Crippen LogP contribution in [0.25, 0.3) is 0 Å². The Kier molecular flexibility index (Phi) is 4.91. The summed E-state index contributed by atoms with van der Waals surface area (Å²) in [6.45, 7) is 5.85. The third-order valence-electron chi connectivity index (χ3n) is 3.05. The second kappa shape index (κ2) is 5.99. The van der Waals surface area contributed by atoms with Crippen LogP contribution in [0.15, 0.2) is 35.9 Å². The number of aliphatic hydroxyl groups excluding tert-OH is 1. The maximum atomic E-state index is 10.4. The molecule has 0 unspecified atom stereocenters. The van der Waals surface area contributed by atoms with Crippen molar-refractivity contribution in [1.82, 2.24) is 0 Å². The highest BCUT2D eigenvalue weighted by molar-refractivity contribution is 5.26. The van der Waals surface area contributed by atoms with Crippen molar-refractivity contribution >= 4 is 0 Å². The van der Waals surface area contributed by atoms with E-state index in [-0.39, 0.29) is 6.61 Å². The second-order valence-corrected chi connectivity index (χ2v) is 4.89. The monoisotopic (exact) mass is 234 g/mol. The smallest absolute Gasteiger partial charge is 0.0871 e. The molecule has 2 heteroatoms. The Balaban J connectivity index is 2.65. The van der Waals surface area contributed by atoms with E-state index < -0.39 is 5.60 Å². The molecule has 0 radical (unpaired) electrons. The van der Waals surface area contributed by atoms with Crippen LogP contribution in [0.2, 0.25) is 0 Å². The summed E-state index contributed by atoms with van der Waals surface area (Å²) in [6.07, 6.45) is 3.41. The Labute approximate surface area is 104 Å². The van der Waals surface area contributed by atoms with Gasteiger partial charge in [-0.15, -0.1) is 0 Å². The molecule has 2 nitrogen and oxygen atoms in total. The van der Waals surface area contributed by atoms with E-state index in [1.807, 2.05) is 51.1 Å². The fourth-order valence-corrected chi connectivity index (χ4v) is 1.72. The minimum absolute atomic E-state index is 0.0900. The molecule has 0 amide bonds. The number of aliphatic hydroxyl groups is 2. The summed E-state index contributed by atoms with van der Waals surface area (Å²) in [5.74, 6) is 0. The quantitative estimate of drug-likeness (QED) is 0.769. The summed E-state index contributed by atoms with van der Waals surface area (Å²) >= 11 is 0. The van der Waals surface area contributed by atoms with E-state index in [1.54, 1.807) is 0 Å². The fraction of sp³-hybridized carbons (Fsp3) is 0.467. The highest BCUT2D eigenvalue weighted by atomic mass is 16.3. The molecule has 1 aromatic rings. The largest absolute Gasteiger partial charge is 0.392 e. The van der Waals surface area contributed by atoms with Crippen LogP contribution >= 0.6 is 0 Å². The van der Waals surface area contributed by atoms with E-state index >= 15 is 0 Å². The van der Waals surface area contributed by atoms with Gasteiger partial charge in [-0.3, -0.25) is 0 Å². The zero-order valence-electron chi connectivity index (χ0n) is 10.9. The van der Waals surface area contributed by atoms with Gasteiger partial charge in [-0.25, -0.2) is 0 Å². The minimum Gasteiger partial charge on any atom is -0.392 e. The molecule has 1 aromatic carbocycles. The summed E-state index contributed by atoms with van der Waals surface area (Å²) in [4.78, 5) is 0. The first-order valence-electron chi connectivity index (χ1n) is 6.02. The lowest BCUT2D eigenvalue weighted by molar-refractivity contribution is 0.0487. The van der Waals surface area contributed by atoms with E-state index in [2.05, 4.69) is 0 Å². The number of hydrogen-bond acceptors (Lipinski definition) is 2. The second-order valence-electron chi connectivity index (χ2n) is 4.89. The molecule has 1 atom stereocenters. The van der Waals surface area contributed by atoms with Crippen molar-refractivity contribution in [2.24, 2.45) is 0 Å². The molecule has 0 heterocycles. The van der Waals surface area contributed by atoms with Crippen molar-refractivity contribution < 1.29 is 10.2 Å². The van der Waals surface area contributed by atoms with Crippen LogP contribution in [0.1, 0.15) is 37.8 Å². The van der Waals surface area contributed by atoms with Crippen molar-refractivity contribution in [2.75, 3.05) is 6.61 Å². The third-order valence-corrected chi connectivity index (χ3v) is 3.05. The molecule has 0 fully saturated rings. The molecule has 0 aromatic heterocycles. The van der Waals surface area contributed by atoms with Gasteiger partial charge in [0, 0.05) is 0 Å². The molecule has 0 aliphatic carbocycles. The van der Waals surface area contributed by atoms with Crippen LogP contribution in [0, 0.1) is 6.92 Å². The maximum Gasteiger partial charge on any atom is 0.0871 e. The van der Waals surface area contributed by atoms with Crippen molar-refractivity contribution in [3.8, 4) is 0 Å². The van der Waals surface area contributed by atoms with E-state index in [1.165, 1.54) is 5.56 Å². The number of benzene rings is 1. The SMILES string of the molecule is C/C(=C/CC[C@](C)(O)c1ccc(C)cc1)CO. The number of aryl methyl sites for hydroxylation is 1.